The largest absolute Gasteiger partial charge is 0.453 e. The Balaban J connectivity index is 2.09. The zero-order valence-corrected chi connectivity index (χ0v) is 16.0. The Labute approximate surface area is 164 Å². The lowest BCUT2D eigenvalue weighted by Crippen LogP contribution is -2.39. The molecule has 0 aliphatic rings. The first-order valence-electron chi connectivity index (χ1n) is 8.01. The summed E-state index contributed by atoms with van der Waals surface area (Å²) in [5, 5.41) is 6.36. The number of halogens is 2. The summed E-state index contributed by atoms with van der Waals surface area (Å²) in [5.41, 5.74) is 1.52. The minimum atomic E-state index is -1.21. The van der Waals surface area contributed by atoms with Crippen LogP contribution in [0.3, 0.4) is 0 Å². The van der Waals surface area contributed by atoms with E-state index in [1.54, 1.807) is 6.92 Å². The van der Waals surface area contributed by atoms with Crippen LogP contribution in [0.1, 0.15) is 18.2 Å². The van der Waals surface area contributed by atoms with E-state index in [9.17, 15) is 18.8 Å². The van der Waals surface area contributed by atoms with Crippen molar-refractivity contribution in [3.63, 3.8) is 0 Å². The smallest absolute Gasteiger partial charge is 0.413 e. The van der Waals surface area contributed by atoms with Crippen LogP contribution in [0, 0.1) is 12.7 Å². The molecule has 2 amide bonds. The van der Waals surface area contributed by atoms with E-state index >= 15 is 0 Å². The summed E-state index contributed by atoms with van der Waals surface area (Å²) in [7, 11) is 1.10. The van der Waals surface area contributed by atoms with Crippen molar-refractivity contribution >= 4 is 35.6 Å². The van der Waals surface area contributed by atoms with E-state index in [2.05, 4.69) is 9.84 Å². The van der Waals surface area contributed by atoms with Crippen molar-refractivity contribution < 1.29 is 28.2 Å². The third-order valence-electron chi connectivity index (χ3n) is 3.58. The third kappa shape index (κ3) is 5.17. The number of esters is 1. The molecule has 0 aliphatic heterocycles. The molecule has 0 radical (unpaired) electrons. The molecule has 1 heterocycles. The number of nitrogens with one attached hydrogen (secondary N) is 1. The standard InChI is InChI=1S/C18H17ClFN3O5/c1-10-14(16(19)23(22-10)13-6-4-12(20)5-7-13)8-9-15(24)28-11(2)17(25)21-18(26)27-3/h4-9,11H,1-3H3,(H,21,25,26)/b9-8+/t11-/m1/s1. The second kappa shape index (κ2) is 9.14. The van der Waals surface area contributed by atoms with Crippen molar-refractivity contribution in [2.45, 2.75) is 20.0 Å². The van der Waals surface area contributed by atoms with Gasteiger partial charge in [-0.3, -0.25) is 10.1 Å². The minimum absolute atomic E-state index is 0.213. The van der Waals surface area contributed by atoms with Gasteiger partial charge in [-0.05, 0) is 44.2 Å². The number of hydrogen-bond acceptors (Lipinski definition) is 6. The fourth-order valence-corrected chi connectivity index (χ4v) is 2.46. The van der Waals surface area contributed by atoms with Gasteiger partial charge in [0.2, 0.25) is 0 Å². The summed E-state index contributed by atoms with van der Waals surface area (Å²) in [5.74, 6) is -2.04. The molecule has 1 aromatic heterocycles. The summed E-state index contributed by atoms with van der Waals surface area (Å²) in [6, 6.07) is 5.57. The molecule has 0 spiro atoms. The molecule has 1 atom stereocenters. The lowest BCUT2D eigenvalue weighted by molar-refractivity contribution is -0.149. The van der Waals surface area contributed by atoms with E-state index in [-0.39, 0.29) is 5.15 Å². The number of ether oxygens (including phenoxy) is 2. The molecule has 2 aromatic rings. The van der Waals surface area contributed by atoms with E-state index in [0.717, 1.165) is 13.2 Å². The first-order valence-corrected chi connectivity index (χ1v) is 8.39. The maximum atomic E-state index is 13.1. The van der Waals surface area contributed by atoms with Gasteiger partial charge < -0.3 is 9.47 Å². The van der Waals surface area contributed by atoms with Gasteiger partial charge in [-0.25, -0.2) is 18.7 Å². The molecule has 0 bridgehead atoms. The van der Waals surface area contributed by atoms with Gasteiger partial charge in [0.05, 0.1) is 18.5 Å². The molecule has 2 rings (SSSR count). The molecule has 28 heavy (non-hydrogen) atoms. The highest BCUT2D eigenvalue weighted by Crippen LogP contribution is 2.24. The molecule has 0 saturated carbocycles. The average molecular weight is 410 g/mol. The van der Waals surface area contributed by atoms with E-state index in [1.807, 2.05) is 5.32 Å². The van der Waals surface area contributed by atoms with Crippen LogP contribution in [-0.4, -0.2) is 41.0 Å². The maximum absolute atomic E-state index is 13.1. The second-order valence-corrected chi connectivity index (χ2v) is 5.93. The van der Waals surface area contributed by atoms with Gasteiger partial charge in [-0.2, -0.15) is 5.10 Å². The molecule has 0 saturated heterocycles. The van der Waals surface area contributed by atoms with Crippen molar-refractivity contribution in [3.8, 4) is 5.69 Å². The van der Waals surface area contributed by atoms with Crippen molar-refractivity contribution in [2.75, 3.05) is 7.11 Å². The van der Waals surface area contributed by atoms with Crippen molar-refractivity contribution in [2.24, 2.45) is 0 Å². The van der Waals surface area contributed by atoms with Gasteiger partial charge in [-0.15, -0.1) is 0 Å². The number of nitrogens with zero attached hydrogens (tertiary/aromatic N) is 2. The predicted octanol–water partition coefficient (Wildman–Crippen LogP) is 2.80. The fraction of sp³-hybridized carbons (Fsp3) is 0.222. The highest BCUT2D eigenvalue weighted by molar-refractivity contribution is 6.31. The summed E-state index contributed by atoms with van der Waals surface area (Å²) >= 11 is 6.30. The van der Waals surface area contributed by atoms with Crippen molar-refractivity contribution in [3.05, 3.63) is 52.6 Å². The van der Waals surface area contributed by atoms with E-state index in [0.29, 0.717) is 16.9 Å². The third-order valence-corrected chi connectivity index (χ3v) is 3.94. The van der Waals surface area contributed by atoms with Gasteiger partial charge in [-0.1, -0.05) is 11.6 Å². The monoisotopic (exact) mass is 409 g/mol. The zero-order chi connectivity index (χ0) is 20.8. The lowest BCUT2D eigenvalue weighted by atomic mass is 10.2. The summed E-state index contributed by atoms with van der Waals surface area (Å²) in [4.78, 5) is 34.5. The van der Waals surface area contributed by atoms with Crippen molar-refractivity contribution in [1.82, 2.24) is 15.1 Å². The summed E-state index contributed by atoms with van der Waals surface area (Å²) in [6.45, 7) is 2.98. The number of carbonyl (C=O) groups is 3. The van der Waals surface area contributed by atoms with E-state index in [4.69, 9.17) is 16.3 Å². The first kappa shape index (κ1) is 21.1. The number of rotatable bonds is 5. The molecular weight excluding hydrogens is 393 g/mol. The molecular formula is C18H17ClFN3O5. The molecule has 8 nitrogen and oxygen atoms in total. The van der Waals surface area contributed by atoms with Crippen LogP contribution in [0.2, 0.25) is 5.15 Å². The Hall–Kier alpha value is -3.20. The van der Waals surface area contributed by atoms with Gasteiger partial charge in [0.15, 0.2) is 6.10 Å². The average Bonchev–Trinajstić information content (AvgIpc) is 2.94. The molecule has 0 fully saturated rings. The van der Waals surface area contributed by atoms with Crippen LogP contribution in [0.25, 0.3) is 11.8 Å². The Morgan fingerprint density at radius 3 is 2.54 bits per heavy atom. The van der Waals surface area contributed by atoms with Gasteiger partial charge in [0.1, 0.15) is 11.0 Å². The molecule has 1 N–H and O–H groups in total. The van der Waals surface area contributed by atoms with E-state index in [1.165, 1.54) is 41.9 Å². The van der Waals surface area contributed by atoms with Crippen LogP contribution in [0.4, 0.5) is 9.18 Å². The summed E-state index contributed by atoms with van der Waals surface area (Å²) in [6.07, 6.45) is 0.291. The Morgan fingerprint density at radius 1 is 1.29 bits per heavy atom. The van der Waals surface area contributed by atoms with Crippen LogP contribution < -0.4 is 5.32 Å². The highest BCUT2D eigenvalue weighted by Gasteiger charge is 2.19. The number of hydrogen-bond donors (Lipinski definition) is 1. The number of methoxy groups -OCH3 is 1. The van der Waals surface area contributed by atoms with Gasteiger partial charge >= 0.3 is 12.1 Å². The minimum Gasteiger partial charge on any atom is -0.453 e. The predicted molar refractivity (Wildman–Crippen MR) is 98.4 cm³/mol. The van der Waals surface area contributed by atoms with Gasteiger partial charge in [0, 0.05) is 11.6 Å². The van der Waals surface area contributed by atoms with Crippen LogP contribution >= 0.6 is 11.6 Å². The number of aryl methyl sites for hydroxylation is 1. The molecule has 1 aromatic carbocycles. The number of aromatic nitrogens is 2. The van der Waals surface area contributed by atoms with Crippen LogP contribution in [0.15, 0.2) is 30.3 Å². The quantitative estimate of drug-likeness (QED) is 0.602. The fourth-order valence-electron chi connectivity index (χ4n) is 2.13. The number of benzene rings is 1. The Morgan fingerprint density at radius 2 is 1.93 bits per heavy atom. The van der Waals surface area contributed by atoms with Crippen LogP contribution in [0.5, 0.6) is 0 Å². The summed E-state index contributed by atoms with van der Waals surface area (Å²) < 4.78 is 23.7. The Bertz CT molecular complexity index is 924. The molecule has 0 unspecified atom stereocenters. The zero-order valence-electron chi connectivity index (χ0n) is 15.2. The molecule has 0 aliphatic carbocycles. The number of carbonyl (C=O) groups excluding carboxylic acids is 3. The maximum Gasteiger partial charge on any atom is 0.413 e. The number of imide groups is 1. The van der Waals surface area contributed by atoms with E-state index < -0.39 is 29.9 Å². The molecule has 10 heteroatoms. The van der Waals surface area contributed by atoms with Gasteiger partial charge in [0.25, 0.3) is 5.91 Å². The second-order valence-electron chi connectivity index (χ2n) is 5.57. The topological polar surface area (TPSA) is 99.5 Å². The Kier molecular flexibility index (Phi) is 6.89. The normalized spacial score (nSPS) is 11.9. The lowest BCUT2D eigenvalue weighted by Gasteiger charge is -2.10. The van der Waals surface area contributed by atoms with Crippen molar-refractivity contribution in [1.29, 1.82) is 0 Å². The highest BCUT2D eigenvalue weighted by atomic mass is 35.5. The SMILES string of the molecule is COC(=O)NC(=O)[C@@H](C)OC(=O)/C=C/c1c(C)nn(-c2ccc(F)cc2)c1Cl. The number of alkyl carbamates (subject to hydrolysis) is 1. The number of amides is 2. The molecule has 148 valence electrons. The van der Waals surface area contributed by atoms with Crippen LogP contribution in [-0.2, 0) is 19.1 Å². The first-order chi connectivity index (χ1) is 13.2.